The minimum absolute atomic E-state index is 0.103. The molecule has 0 radical (unpaired) electrons. The third-order valence-corrected chi connectivity index (χ3v) is 2.34. The Morgan fingerprint density at radius 2 is 2.29 bits per heavy atom. The Hall–Kier alpha value is -2.46. The van der Waals surface area contributed by atoms with Gasteiger partial charge < -0.3 is 9.15 Å². The Labute approximate surface area is 96.1 Å². The first-order valence-electron chi connectivity index (χ1n) is 4.86. The average Bonchev–Trinajstić information content (AvgIpc) is 2.35. The molecule has 0 fully saturated rings. The molecule has 0 atom stereocenters. The molecule has 0 aliphatic rings. The summed E-state index contributed by atoms with van der Waals surface area (Å²) in [6, 6.07) is 6.40. The van der Waals surface area contributed by atoms with Crippen LogP contribution < -0.4 is 10.4 Å². The Morgan fingerprint density at radius 1 is 1.47 bits per heavy atom. The molecule has 0 unspecified atom stereocenters. The number of fused-ring (bicyclic) bond motifs is 1. The van der Waals surface area contributed by atoms with Gasteiger partial charge in [0.05, 0.1) is 13.7 Å². The van der Waals surface area contributed by atoms with Crippen molar-refractivity contribution in [3.63, 3.8) is 0 Å². The first-order valence-corrected chi connectivity index (χ1v) is 4.86. The predicted octanol–water partition coefficient (Wildman–Crippen LogP) is 2.61. The van der Waals surface area contributed by atoms with E-state index in [1.54, 1.807) is 25.3 Å². The molecule has 0 aliphatic heterocycles. The molecule has 0 bridgehead atoms. The molecule has 0 amide bonds. The highest BCUT2D eigenvalue weighted by molar-refractivity contribution is 5.81. The van der Waals surface area contributed by atoms with Gasteiger partial charge in [0.1, 0.15) is 11.3 Å². The van der Waals surface area contributed by atoms with E-state index in [0.29, 0.717) is 22.3 Å². The van der Waals surface area contributed by atoms with Crippen LogP contribution in [0.5, 0.6) is 5.75 Å². The van der Waals surface area contributed by atoms with Gasteiger partial charge in [0.15, 0.2) is 0 Å². The normalized spacial score (nSPS) is 9.94. The quantitative estimate of drug-likeness (QED) is 0.352. The zero-order valence-corrected chi connectivity index (χ0v) is 9.08. The van der Waals surface area contributed by atoms with E-state index < -0.39 is 5.63 Å². The van der Waals surface area contributed by atoms with E-state index in [1.807, 2.05) is 0 Å². The number of nitrogens with zero attached hydrogens (tertiary/aromatic N) is 3. The van der Waals surface area contributed by atoms with Crippen LogP contribution in [0.1, 0.15) is 5.56 Å². The van der Waals surface area contributed by atoms with Crippen LogP contribution >= 0.6 is 0 Å². The summed E-state index contributed by atoms with van der Waals surface area (Å²) in [5.74, 6) is 0.647. The molecule has 0 saturated heterocycles. The highest BCUT2D eigenvalue weighted by Crippen LogP contribution is 2.23. The minimum Gasteiger partial charge on any atom is -0.497 e. The first kappa shape index (κ1) is 11.0. The highest BCUT2D eigenvalue weighted by Gasteiger charge is 2.06. The molecule has 6 heteroatoms. The average molecular weight is 231 g/mol. The van der Waals surface area contributed by atoms with Gasteiger partial charge in [-0.05, 0) is 29.3 Å². The maximum Gasteiger partial charge on any atom is 0.336 e. The van der Waals surface area contributed by atoms with Gasteiger partial charge >= 0.3 is 5.63 Å². The fraction of sp³-hybridized carbons (Fsp3) is 0.182. The zero-order chi connectivity index (χ0) is 12.3. The zero-order valence-electron chi connectivity index (χ0n) is 9.08. The maximum absolute atomic E-state index is 11.3. The van der Waals surface area contributed by atoms with Crippen LogP contribution in [0.2, 0.25) is 0 Å². The van der Waals surface area contributed by atoms with Gasteiger partial charge in [-0.3, -0.25) is 0 Å². The Morgan fingerprint density at radius 3 is 3.00 bits per heavy atom. The molecule has 0 N–H and O–H groups in total. The van der Waals surface area contributed by atoms with Gasteiger partial charge in [0.25, 0.3) is 0 Å². The standard InChI is InChI=1S/C11H9N3O3/c1-16-8-2-3-10-9(5-8)7(6-13-14-12)4-11(15)17-10/h2-5H,6H2,1H3. The minimum atomic E-state index is -0.467. The summed E-state index contributed by atoms with van der Waals surface area (Å²) in [6.45, 7) is 0.103. The van der Waals surface area contributed by atoms with Crippen molar-refractivity contribution in [1.82, 2.24) is 0 Å². The third-order valence-electron chi connectivity index (χ3n) is 2.34. The summed E-state index contributed by atoms with van der Waals surface area (Å²) in [6.07, 6.45) is 0. The lowest BCUT2D eigenvalue weighted by atomic mass is 10.1. The summed E-state index contributed by atoms with van der Waals surface area (Å²) in [7, 11) is 1.55. The monoisotopic (exact) mass is 231 g/mol. The molecule has 1 aromatic heterocycles. The van der Waals surface area contributed by atoms with Gasteiger partial charge in [0.2, 0.25) is 0 Å². The van der Waals surface area contributed by atoms with Crippen LogP contribution in [-0.2, 0) is 6.54 Å². The Bertz CT molecular complexity index is 657. The lowest BCUT2D eigenvalue weighted by molar-refractivity contribution is 0.415. The number of methoxy groups -OCH3 is 1. The van der Waals surface area contributed by atoms with E-state index in [2.05, 4.69) is 10.0 Å². The number of ether oxygens (including phenoxy) is 1. The predicted molar refractivity (Wildman–Crippen MR) is 61.9 cm³/mol. The van der Waals surface area contributed by atoms with Crippen LogP contribution in [0.15, 0.2) is 38.6 Å². The second-order valence-corrected chi connectivity index (χ2v) is 3.34. The van der Waals surface area contributed by atoms with Crippen molar-refractivity contribution in [2.45, 2.75) is 6.54 Å². The van der Waals surface area contributed by atoms with Gasteiger partial charge in [-0.1, -0.05) is 5.11 Å². The molecule has 2 aromatic rings. The second-order valence-electron chi connectivity index (χ2n) is 3.34. The number of rotatable bonds is 3. The van der Waals surface area contributed by atoms with Gasteiger partial charge in [-0.2, -0.15) is 0 Å². The van der Waals surface area contributed by atoms with Crippen molar-refractivity contribution in [2.75, 3.05) is 7.11 Å². The lowest BCUT2D eigenvalue weighted by Crippen LogP contribution is -2.00. The summed E-state index contributed by atoms with van der Waals surface area (Å²) in [4.78, 5) is 14.0. The largest absolute Gasteiger partial charge is 0.497 e. The van der Waals surface area contributed by atoms with Crippen molar-refractivity contribution in [3.05, 3.63) is 50.7 Å². The van der Waals surface area contributed by atoms with Crippen molar-refractivity contribution in [2.24, 2.45) is 5.11 Å². The molecule has 2 rings (SSSR count). The molecule has 0 spiro atoms. The molecule has 1 aromatic carbocycles. The number of hydrogen-bond donors (Lipinski definition) is 0. The van der Waals surface area contributed by atoms with Crippen molar-refractivity contribution in [1.29, 1.82) is 0 Å². The van der Waals surface area contributed by atoms with E-state index in [0.717, 1.165) is 0 Å². The second kappa shape index (κ2) is 4.59. The van der Waals surface area contributed by atoms with Crippen molar-refractivity contribution < 1.29 is 9.15 Å². The summed E-state index contributed by atoms with van der Waals surface area (Å²) in [5.41, 5.74) is 8.90. The molecule has 6 nitrogen and oxygen atoms in total. The van der Waals surface area contributed by atoms with Gasteiger partial charge in [-0.15, -0.1) is 0 Å². The number of benzene rings is 1. The van der Waals surface area contributed by atoms with Crippen molar-refractivity contribution in [3.8, 4) is 5.75 Å². The van der Waals surface area contributed by atoms with Crippen LogP contribution in [0.3, 0.4) is 0 Å². The van der Waals surface area contributed by atoms with Crippen LogP contribution in [-0.4, -0.2) is 7.11 Å². The highest BCUT2D eigenvalue weighted by atomic mass is 16.5. The van der Waals surface area contributed by atoms with E-state index in [-0.39, 0.29) is 6.54 Å². The van der Waals surface area contributed by atoms with Crippen molar-refractivity contribution >= 4 is 11.0 Å². The summed E-state index contributed by atoms with van der Waals surface area (Å²) >= 11 is 0. The van der Waals surface area contributed by atoms with Gasteiger partial charge in [0, 0.05) is 16.4 Å². The molecule has 0 saturated carbocycles. The first-order chi connectivity index (χ1) is 8.24. The molecular weight excluding hydrogens is 222 g/mol. The molecular formula is C11H9N3O3. The van der Waals surface area contributed by atoms with Gasteiger partial charge in [-0.25, -0.2) is 4.79 Å². The Balaban J connectivity index is 2.69. The molecule has 0 aliphatic carbocycles. The Kier molecular flexibility index (Phi) is 2.98. The topological polar surface area (TPSA) is 88.2 Å². The van der Waals surface area contributed by atoms with E-state index in [1.165, 1.54) is 6.07 Å². The fourth-order valence-corrected chi connectivity index (χ4v) is 1.57. The number of azide groups is 1. The maximum atomic E-state index is 11.3. The smallest absolute Gasteiger partial charge is 0.336 e. The summed E-state index contributed by atoms with van der Waals surface area (Å²) in [5, 5.41) is 4.15. The van der Waals surface area contributed by atoms with Crippen LogP contribution in [0, 0.1) is 0 Å². The van der Waals surface area contributed by atoms with Crippen LogP contribution in [0.25, 0.3) is 21.4 Å². The molecule has 1 heterocycles. The lowest BCUT2D eigenvalue weighted by Gasteiger charge is -2.04. The SMILES string of the molecule is COc1ccc2oc(=O)cc(CN=[N+]=[N-])c2c1. The van der Waals surface area contributed by atoms with E-state index in [4.69, 9.17) is 14.7 Å². The number of hydrogen-bond acceptors (Lipinski definition) is 4. The van der Waals surface area contributed by atoms with Crippen LogP contribution in [0.4, 0.5) is 0 Å². The van der Waals surface area contributed by atoms with E-state index in [9.17, 15) is 4.79 Å². The summed E-state index contributed by atoms with van der Waals surface area (Å²) < 4.78 is 10.1. The fourth-order valence-electron chi connectivity index (χ4n) is 1.57. The van der Waals surface area contributed by atoms with E-state index >= 15 is 0 Å². The molecule has 17 heavy (non-hydrogen) atoms. The third kappa shape index (κ3) is 2.21. The molecule has 86 valence electrons.